The van der Waals surface area contributed by atoms with Gasteiger partial charge in [0.15, 0.2) is 5.43 Å². The SMILES string of the molecule is CCn1c(Cn2ccc(N)n2)cc(=O)c(C(=O)O)c1-c1ccc(Cl)c(Cl)c1. The normalized spacial score (nSPS) is 10.9. The predicted molar refractivity (Wildman–Crippen MR) is 105 cm³/mol. The Kier molecular flexibility index (Phi) is 5.25. The van der Waals surface area contributed by atoms with Gasteiger partial charge >= 0.3 is 5.97 Å². The van der Waals surface area contributed by atoms with Gasteiger partial charge in [-0.05, 0) is 25.1 Å². The Morgan fingerprint density at radius 2 is 1.96 bits per heavy atom. The molecule has 7 nitrogen and oxygen atoms in total. The van der Waals surface area contributed by atoms with E-state index in [4.69, 9.17) is 28.9 Å². The lowest BCUT2D eigenvalue weighted by molar-refractivity contribution is 0.0695. The van der Waals surface area contributed by atoms with Crippen LogP contribution in [0.3, 0.4) is 0 Å². The average Bonchev–Trinajstić information content (AvgIpc) is 3.01. The summed E-state index contributed by atoms with van der Waals surface area (Å²) in [5.41, 5.74) is 6.08. The number of hydrogen-bond acceptors (Lipinski definition) is 4. The van der Waals surface area contributed by atoms with Crippen molar-refractivity contribution in [2.75, 3.05) is 5.73 Å². The second-order valence-electron chi connectivity index (χ2n) is 5.84. The number of anilines is 1. The second-order valence-corrected chi connectivity index (χ2v) is 6.65. The molecule has 140 valence electrons. The fourth-order valence-electron chi connectivity index (χ4n) is 2.97. The Bertz CT molecular complexity index is 1090. The van der Waals surface area contributed by atoms with E-state index in [2.05, 4.69) is 5.10 Å². The Morgan fingerprint density at radius 3 is 2.52 bits per heavy atom. The molecule has 0 aliphatic rings. The van der Waals surface area contributed by atoms with E-state index in [0.29, 0.717) is 28.6 Å². The fraction of sp³-hybridized carbons (Fsp3) is 0.167. The second kappa shape index (κ2) is 7.46. The van der Waals surface area contributed by atoms with E-state index < -0.39 is 11.4 Å². The molecule has 0 fully saturated rings. The highest BCUT2D eigenvalue weighted by atomic mass is 35.5. The number of nitrogen functional groups attached to an aromatic ring is 1. The van der Waals surface area contributed by atoms with E-state index in [1.54, 1.807) is 39.7 Å². The van der Waals surface area contributed by atoms with E-state index in [9.17, 15) is 14.7 Å². The summed E-state index contributed by atoms with van der Waals surface area (Å²) in [6, 6.07) is 7.70. The minimum atomic E-state index is -1.31. The molecule has 3 aromatic rings. The van der Waals surface area contributed by atoms with Gasteiger partial charge in [0.05, 0.1) is 22.3 Å². The summed E-state index contributed by atoms with van der Waals surface area (Å²) in [5.74, 6) is -0.953. The molecule has 0 unspecified atom stereocenters. The Hall–Kier alpha value is -2.77. The molecule has 0 amide bonds. The lowest BCUT2D eigenvalue weighted by Gasteiger charge is -2.20. The van der Waals surface area contributed by atoms with Gasteiger partial charge < -0.3 is 15.4 Å². The molecule has 0 radical (unpaired) electrons. The summed E-state index contributed by atoms with van der Waals surface area (Å²) in [6.45, 7) is 2.55. The third-order valence-electron chi connectivity index (χ3n) is 4.11. The molecule has 1 aromatic carbocycles. The van der Waals surface area contributed by atoms with Crippen LogP contribution >= 0.6 is 23.2 Å². The molecule has 0 bridgehead atoms. The molecule has 0 aliphatic heterocycles. The zero-order valence-corrected chi connectivity index (χ0v) is 15.8. The highest BCUT2D eigenvalue weighted by Crippen LogP contribution is 2.30. The monoisotopic (exact) mass is 406 g/mol. The maximum absolute atomic E-state index is 12.6. The molecule has 3 rings (SSSR count). The number of carbonyl (C=O) groups is 1. The van der Waals surface area contributed by atoms with Crippen LogP contribution in [0.5, 0.6) is 0 Å². The molecule has 27 heavy (non-hydrogen) atoms. The topological polar surface area (TPSA) is 103 Å². The van der Waals surface area contributed by atoms with Gasteiger partial charge in [-0.25, -0.2) is 4.79 Å². The van der Waals surface area contributed by atoms with Gasteiger partial charge in [0.1, 0.15) is 11.4 Å². The van der Waals surface area contributed by atoms with E-state index >= 15 is 0 Å². The number of aromatic nitrogens is 3. The number of nitrogens with two attached hydrogens (primary N) is 1. The van der Waals surface area contributed by atoms with Crippen molar-refractivity contribution in [1.29, 1.82) is 0 Å². The van der Waals surface area contributed by atoms with Crippen molar-refractivity contribution >= 4 is 35.0 Å². The molecular weight excluding hydrogens is 391 g/mol. The molecule has 2 heterocycles. The number of pyridine rings is 1. The van der Waals surface area contributed by atoms with Crippen molar-refractivity contribution in [2.24, 2.45) is 0 Å². The van der Waals surface area contributed by atoms with Crippen molar-refractivity contribution in [1.82, 2.24) is 14.3 Å². The van der Waals surface area contributed by atoms with Crippen LogP contribution in [0.15, 0.2) is 41.3 Å². The van der Waals surface area contributed by atoms with Gasteiger partial charge in [-0.3, -0.25) is 9.48 Å². The molecule has 0 atom stereocenters. The van der Waals surface area contributed by atoms with Gasteiger partial charge in [0, 0.05) is 30.1 Å². The van der Waals surface area contributed by atoms with Crippen LogP contribution in [0, 0.1) is 0 Å². The molecule has 0 saturated carbocycles. The highest BCUT2D eigenvalue weighted by molar-refractivity contribution is 6.42. The molecule has 0 aliphatic carbocycles. The summed E-state index contributed by atoms with van der Waals surface area (Å²) >= 11 is 12.1. The van der Waals surface area contributed by atoms with Crippen LogP contribution in [0.25, 0.3) is 11.3 Å². The van der Waals surface area contributed by atoms with Crippen molar-refractivity contribution in [3.8, 4) is 11.3 Å². The standard InChI is InChI=1S/C18H16Cl2N4O3/c1-2-24-11(9-23-6-5-15(21)22-23)8-14(25)16(18(26)27)17(24)10-3-4-12(19)13(20)7-10/h3-8H,2,9H2,1H3,(H2,21,22)(H,26,27). The van der Waals surface area contributed by atoms with Crippen molar-refractivity contribution < 1.29 is 9.90 Å². The Morgan fingerprint density at radius 1 is 1.22 bits per heavy atom. The molecule has 3 N–H and O–H groups in total. The van der Waals surface area contributed by atoms with Crippen LogP contribution < -0.4 is 11.2 Å². The Labute approximate surface area is 164 Å². The van der Waals surface area contributed by atoms with Crippen molar-refractivity contribution in [3.63, 3.8) is 0 Å². The first-order valence-electron chi connectivity index (χ1n) is 8.06. The number of hydrogen-bond donors (Lipinski definition) is 2. The number of benzene rings is 1. The molecular formula is C18H16Cl2N4O3. The van der Waals surface area contributed by atoms with E-state index in [1.807, 2.05) is 6.92 Å². The lowest BCUT2D eigenvalue weighted by Crippen LogP contribution is -2.24. The zero-order valence-electron chi connectivity index (χ0n) is 14.3. The van der Waals surface area contributed by atoms with Crippen LogP contribution in [-0.2, 0) is 13.1 Å². The molecule has 0 spiro atoms. The first-order chi connectivity index (χ1) is 12.8. The predicted octanol–water partition coefficient (Wildman–Crippen LogP) is 3.37. The minimum Gasteiger partial charge on any atom is -0.477 e. The summed E-state index contributed by atoms with van der Waals surface area (Å²) in [7, 11) is 0. The number of nitrogens with zero attached hydrogens (tertiary/aromatic N) is 3. The van der Waals surface area contributed by atoms with Gasteiger partial charge in [-0.15, -0.1) is 0 Å². The third-order valence-corrected chi connectivity index (χ3v) is 4.84. The number of aromatic carboxylic acids is 1. The average molecular weight is 407 g/mol. The molecule has 2 aromatic heterocycles. The minimum absolute atomic E-state index is 0.258. The zero-order chi connectivity index (χ0) is 19.7. The fourth-order valence-corrected chi connectivity index (χ4v) is 3.27. The van der Waals surface area contributed by atoms with Gasteiger partial charge in [0.25, 0.3) is 0 Å². The lowest BCUT2D eigenvalue weighted by atomic mass is 10.0. The Balaban J connectivity index is 2.29. The number of carboxylic acids is 1. The number of halogens is 2. The highest BCUT2D eigenvalue weighted by Gasteiger charge is 2.22. The van der Waals surface area contributed by atoms with Crippen molar-refractivity contribution in [3.05, 3.63) is 68.1 Å². The first-order valence-corrected chi connectivity index (χ1v) is 8.81. The maximum atomic E-state index is 12.6. The number of carboxylic acid groups (broad SMARTS) is 1. The summed E-state index contributed by atoms with van der Waals surface area (Å²) in [4.78, 5) is 24.4. The van der Waals surface area contributed by atoms with E-state index in [0.717, 1.165) is 0 Å². The summed E-state index contributed by atoms with van der Waals surface area (Å²) in [6.07, 6.45) is 1.68. The molecule has 0 saturated heterocycles. The van der Waals surface area contributed by atoms with Crippen LogP contribution in [-0.4, -0.2) is 25.4 Å². The number of rotatable bonds is 5. The summed E-state index contributed by atoms with van der Waals surface area (Å²) in [5, 5.41) is 14.4. The first kappa shape index (κ1) is 19.0. The van der Waals surface area contributed by atoms with Crippen LogP contribution in [0.1, 0.15) is 23.0 Å². The van der Waals surface area contributed by atoms with Crippen LogP contribution in [0.2, 0.25) is 10.0 Å². The van der Waals surface area contributed by atoms with Gasteiger partial charge in [0.2, 0.25) is 0 Å². The maximum Gasteiger partial charge on any atom is 0.341 e. The largest absolute Gasteiger partial charge is 0.477 e. The van der Waals surface area contributed by atoms with E-state index in [-0.39, 0.29) is 22.8 Å². The summed E-state index contributed by atoms with van der Waals surface area (Å²) < 4.78 is 3.33. The smallest absolute Gasteiger partial charge is 0.341 e. The van der Waals surface area contributed by atoms with Gasteiger partial charge in [-0.2, -0.15) is 5.10 Å². The van der Waals surface area contributed by atoms with E-state index in [1.165, 1.54) is 6.07 Å². The third kappa shape index (κ3) is 3.70. The van der Waals surface area contributed by atoms with Crippen LogP contribution in [0.4, 0.5) is 5.82 Å². The van der Waals surface area contributed by atoms with Gasteiger partial charge in [-0.1, -0.05) is 29.3 Å². The van der Waals surface area contributed by atoms with Crippen molar-refractivity contribution in [2.45, 2.75) is 20.0 Å². The quantitative estimate of drug-likeness (QED) is 0.675. The molecule has 9 heteroatoms.